The molecule has 1 atom stereocenters. The molecular weight excluding hydrogens is 614 g/mol. The molecule has 3 amide bonds. The van der Waals surface area contributed by atoms with Gasteiger partial charge in [0.15, 0.2) is 23.2 Å². The summed E-state index contributed by atoms with van der Waals surface area (Å²) >= 11 is 6.01. The number of Topliss-reactive ketones (excluding diaryl/α,β-unsaturated/α-hetero) is 1. The number of para-hydroxylation sites is 1. The topological polar surface area (TPSA) is 131 Å². The second-order valence-corrected chi connectivity index (χ2v) is 11.3. The molecule has 10 nitrogen and oxygen atoms in total. The highest BCUT2D eigenvalue weighted by atomic mass is 35.5. The van der Waals surface area contributed by atoms with E-state index < -0.39 is 89.1 Å². The van der Waals surface area contributed by atoms with Crippen molar-refractivity contribution in [2.45, 2.75) is 51.7 Å². The molecule has 1 aliphatic heterocycles. The Balaban J connectivity index is 1.64. The van der Waals surface area contributed by atoms with Crippen LogP contribution in [-0.2, 0) is 28.7 Å². The second kappa shape index (κ2) is 14.5. The van der Waals surface area contributed by atoms with Crippen LogP contribution >= 0.6 is 11.6 Å². The predicted octanol–water partition coefficient (Wildman–Crippen LogP) is 3.94. The number of nitrogens with one attached hydrogen (secondary N) is 2. The van der Waals surface area contributed by atoms with Crippen LogP contribution in [0.5, 0.6) is 5.75 Å². The van der Waals surface area contributed by atoms with Crippen LogP contribution in [0, 0.1) is 29.2 Å². The van der Waals surface area contributed by atoms with Crippen molar-refractivity contribution in [1.82, 2.24) is 10.2 Å². The summed E-state index contributed by atoms with van der Waals surface area (Å²) in [5.41, 5.74) is -0.701. The van der Waals surface area contributed by atoms with E-state index in [4.69, 9.17) is 21.1 Å². The Morgan fingerprint density at radius 2 is 1.59 bits per heavy atom. The van der Waals surface area contributed by atoms with Gasteiger partial charge in [0.05, 0.1) is 17.1 Å². The molecule has 0 aromatic heterocycles. The molecule has 0 bridgehead atoms. The molecule has 1 heterocycles. The molecule has 44 heavy (non-hydrogen) atoms. The fraction of sp³-hybridized carbons (Fsp3) is 0.414. The zero-order valence-electron chi connectivity index (χ0n) is 24.0. The number of piperidine rings is 1. The largest absolute Gasteiger partial charge is 0.479 e. The minimum absolute atomic E-state index is 0.0182. The number of ketones is 1. The van der Waals surface area contributed by atoms with Crippen molar-refractivity contribution in [3.8, 4) is 5.75 Å². The normalized spacial score (nSPS) is 14.4. The van der Waals surface area contributed by atoms with Crippen LogP contribution in [0.15, 0.2) is 30.3 Å². The number of carbonyl (C=O) groups is 5. The van der Waals surface area contributed by atoms with E-state index in [1.54, 1.807) is 32.9 Å². The van der Waals surface area contributed by atoms with Crippen molar-refractivity contribution < 1.29 is 51.0 Å². The number of amides is 3. The number of likely N-dealkylation sites (tertiary alicyclic amines) is 1. The quantitative estimate of drug-likeness (QED) is 0.183. The van der Waals surface area contributed by atoms with Crippen molar-refractivity contribution in [3.63, 3.8) is 0 Å². The zero-order chi connectivity index (χ0) is 32.8. The van der Waals surface area contributed by atoms with Crippen molar-refractivity contribution >= 4 is 46.8 Å². The molecule has 0 spiro atoms. The maximum atomic E-state index is 14.0. The third-order valence-electron chi connectivity index (χ3n) is 6.40. The number of esters is 1. The zero-order valence-corrected chi connectivity index (χ0v) is 24.7. The number of hydrogen-bond donors (Lipinski definition) is 2. The van der Waals surface area contributed by atoms with Crippen LogP contribution in [0.3, 0.4) is 0 Å². The Morgan fingerprint density at radius 1 is 1.00 bits per heavy atom. The van der Waals surface area contributed by atoms with Gasteiger partial charge in [0.2, 0.25) is 17.5 Å². The van der Waals surface area contributed by atoms with Gasteiger partial charge in [-0.25, -0.2) is 8.78 Å². The van der Waals surface area contributed by atoms with Gasteiger partial charge in [-0.15, -0.1) is 0 Å². The molecule has 0 saturated carbocycles. The van der Waals surface area contributed by atoms with Gasteiger partial charge in [-0.1, -0.05) is 23.7 Å². The predicted molar refractivity (Wildman–Crippen MR) is 149 cm³/mol. The Kier molecular flexibility index (Phi) is 11.3. The number of rotatable bonds is 9. The summed E-state index contributed by atoms with van der Waals surface area (Å²) in [5.74, 6) is -13.9. The lowest BCUT2D eigenvalue weighted by molar-refractivity contribution is -0.156. The minimum atomic E-state index is -1.87. The summed E-state index contributed by atoms with van der Waals surface area (Å²) in [6, 6.07) is 4.71. The van der Waals surface area contributed by atoms with Crippen LogP contribution in [-0.4, -0.2) is 65.7 Å². The van der Waals surface area contributed by atoms with E-state index in [1.165, 1.54) is 17.0 Å². The number of anilines is 1. The fourth-order valence-electron chi connectivity index (χ4n) is 4.23. The molecule has 0 aliphatic carbocycles. The van der Waals surface area contributed by atoms with Crippen molar-refractivity contribution in [2.24, 2.45) is 5.92 Å². The molecule has 1 saturated heterocycles. The van der Waals surface area contributed by atoms with Crippen LogP contribution < -0.4 is 15.4 Å². The number of halogens is 5. The highest BCUT2D eigenvalue weighted by Crippen LogP contribution is 2.27. The average Bonchev–Trinajstić information content (AvgIpc) is 2.95. The Labute approximate surface area is 255 Å². The summed E-state index contributed by atoms with van der Waals surface area (Å²) < 4.78 is 65.0. The molecule has 15 heteroatoms. The summed E-state index contributed by atoms with van der Waals surface area (Å²) in [6.07, 6.45) is -0.493. The van der Waals surface area contributed by atoms with Gasteiger partial charge >= 0.3 is 17.8 Å². The third kappa shape index (κ3) is 9.15. The molecule has 2 N–H and O–H groups in total. The van der Waals surface area contributed by atoms with Crippen LogP contribution in [0.4, 0.5) is 23.2 Å². The van der Waals surface area contributed by atoms with Crippen molar-refractivity contribution in [2.75, 3.05) is 25.0 Å². The average molecular weight is 644 g/mol. The first-order valence-corrected chi connectivity index (χ1v) is 13.8. The molecule has 2 aromatic carbocycles. The number of hydrogen-bond acceptors (Lipinski definition) is 7. The standard InChI is InChI=1S/C29H30ClF4N3O7/c1-29(2,3)44-22(39)13-20(21(38)14-43-25-23(33)17(31)12-18(32)24(25)34)36-26(40)15-8-10-37(11-9-15)28(42)27(41)35-19-7-5-4-6-16(19)30/h4-7,12,15,20H,8-11,13-14H2,1-3H3,(H,35,41)(H,36,40)/t20-/m0/s1. The minimum Gasteiger partial charge on any atom is -0.479 e. The highest BCUT2D eigenvalue weighted by Gasteiger charge is 2.34. The molecule has 238 valence electrons. The lowest BCUT2D eigenvalue weighted by Crippen LogP contribution is -2.50. The van der Waals surface area contributed by atoms with Gasteiger partial charge in [0.25, 0.3) is 0 Å². The first-order chi connectivity index (χ1) is 20.6. The van der Waals surface area contributed by atoms with E-state index >= 15 is 0 Å². The lowest BCUT2D eigenvalue weighted by atomic mass is 9.95. The smallest absolute Gasteiger partial charge is 0.313 e. The maximum Gasteiger partial charge on any atom is 0.313 e. The Hall–Kier alpha value is -4.20. The van der Waals surface area contributed by atoms with Crippen LogP contribution in [0.1, 0.15) is 40.0 Å². The van der Waals surface area contributed by atoms with Gasteiger partial charge in [-0.05, 0) is 45.7 Å². The molecule has 1 fully saturated rings. The summed E-state index contributed by atoms with van der Waals surface area (Å²) in [5, 5.41) is 5.06. The number of carbonyl (C=O) groups excluding carboxylic acids is 5. The van der Waals surface area contributed by atoms with Gasteiger partial charge in [-0.3, -0.25) is 24.0 Å². The molecule has 2 aromatic rings. The van der Waals surface area contributed by atoms with Gasteiger partial charge in [-0.2, -0.15) is 8.78 Å². The monoisotopic (exact) mass is 643 g/mol. The van der Waals surface area contributed by atoms with Crippen LogP contribution in [0.25, 0.3) is 0 Å². The molecule has 0 radical (unpaired) electrons. The first kappa shape index (κ1) is 34.3. The number of benzene rings is 2. The lowest BCUT2D eigenvalue weighted by Gasteiger charge is -2.31. The van der Waals surface area contributed by atoms with Crippen molar-refractivity contribution in [3.05, 3.63) is 58.6 Å². The van der Waals surface area contributed by atoms with Crippen molar-refractivity contribution in [1.29, 1.82) is 0 Å². The Bertz CT molecular complexity index is 1420. The second-order valence-electron chi connectivity index (χ2n) is 10.9. The molecule has 0 unspecified atom stereocenters. The fourth-order valence-corrected chi connectivity index (χ4v) is 4.42. The van der Waals surface area contributed by atoms with E-state index in [9.17, 15) is 41.5 Å². The first-order valence-electron chi connectivity index (χ1n) is 13.4. The van der Waals surface area contributed by atoms with E-state index in [2.05, 4.69) is 10.6 Å². The van der Waals surface area contributed by atoms with E-state index in [1.807, 2.05) is 0 Å². The third-order valence-corrected chi connectivity index (χ3v) is 6.73. The summed E-state index contributed by atoms with van der Waals surface area (Å²) in [6.45, 7) is 3.58. The van der Waals surface area contributed by atoms with Crippen LogP contribution in [0.2, 0.25) is 5.02 Å². The van der Waals surface area contributed by atoms with Gasteiger partial charge in [0.1, 0.15) is 18.2 Å². The van der Waals surface area contributed by atoms with Gasteiger partial charge in [0, 0.05) is 25.1 Å². The number of nitrogens with zero attached hydrogens (tertiary/aromatic N) is 1. The van der Waals surface area contributed by atoms with Gasteiger partial charge < -0.3 is 25.0 Å². The number of ether oxygens (including phenoxy) is 2. The maximum absolute atomic E-state index is 14.0. The van der Waals surface area contributed by atoms with E-state index in [0.717, 1.165) is 0 Å². The molecule has 1 aliphatic rings. The highest BCUT2D eigenvalue weighted by molar-refractivity contribution is 6.41. The summed E-state index contributed by atoms with van der Waals surface area (Å²) in [7, 11) is 0. The Morgan fingerprint density at radius 3 is 2.16 bits per heavy atom. The van der Waals surface area contributed by atoms with E-state index in [-0.39, 0.29) is 42.7 Å². The molecule has 3 rings (SSSR count). The summed E-state index contributed by atoms with van der Waals surface area (Å²) in [4.78, 5) is 64.8. The molecular formula is C29H30ClF4N3O7. The SMILES string of the molecule is CC(C)(C)OC(=O)C[C@H](NC(=O)C1CCN(C(=O)C(=O)Nc2ccccc2Cl)CC1)C(=O)COc1c(F)c(F)cc(F)c1F. The van der Waals surface area contributed by atoms with E-state index in [0.29, 0.717) is 0 Å².